The van der Waals surface area contributed by atoms with Crippen molar-refractivity contribution in [1.82, 2.24) is 13.8 Å². The van der Waals surface area contributed by atoms with Gasteiger partial charge in [-0.1, -0.05) is 29.8 Å². The molecule has 0 atom stereocenters. The quantitative estimate of drug-likeness (QED) is 0.507. The van der Waals surface area contributed by atoms with Crippen molar-refractivity contribution in [2.24, 2.45) is 0 Å². The van der Waals surface area contributed by atoms with Gasteiger partial charge in [0.2, 0.25) is 15.9 Å². The highest BCUT2D eigenvalue weighted by atomic mass is 35.5. The molecule has 0 saturated carbocycles. The molecular weight excluding hydrogens is 470 g/mol. The smallest absolute Gasteiger partial charge is 0.243 e. The van der Waals surface area contributed by atoms with E-state index in [1.165, 1.54) is 10.9 Å². The molecule has 8 heteroatoms. The highest BCUT2D eigenvalue weighted by Crippen LogP contribution is 2.38. The second-order valence-corrected chi connectivity index (χ2v) is 11.7. The highest BCUT2D eigenvalue weighted by molar-refractivity contribution is 7.89. The molecule has 180 valence electrons. The van der Waals surface area contributed by atoms with Crippen molar-refractivity contribution in [2.45, 2.75) is 50.0 Å². The number of likely N-dealkylation sites (tertiary alicyclic amines) is 1. The van der Waals surface area contributed by atoms with E-state index in [0.29, 0.717) is 24.7 Å². The van der Waals surface area contributed by atoms with E-state index in [1.807, 2.05) is 17.0 Å². The Labute approximate surface area is 206 Å². The Kier molecular flexibility index (Phi) is 6.44. The first-order valence-corrected chi connectivity index (χ1v) is 13.8. The second-order valence-electron chi connectivity index (χ2n) is 9.32. The lowest BCUT2D eigenvalue weighted by Gasteiger charge is -2.31. The maximum atomic E-state index is 13.1. The Morgan fingerprint density at radius 1 is 0.971 bits per heavy atom. The van der Waals surface area contributed by atoms with Crippen molar-refractivity contribution in [1.29, 1.82) is 0 Å². The van der Waals surface area contributed by atoms with Gasteiger partial charge >= 0.3 is 0 Å². The first-order valence-electron chi connectivity index (χ1n) is 12.0. The molecule has 6 nitrogen and oxygen atoms in total. The predicted molar refractivity (Wildman–Crippen MR) is 135 cm³/mol. The van der Waals surface area contributed by atoms with Crippen molar-refractivity contribution < 1.29 is 13.2 Å². The van der Waals surface area contributed by atoms with Crippen molar-refractivity contribution in [2.75, 3.05) is 26.2 Å². The topological polar surface area (TPSA) is 62.6 Å². The maximum Gasteiger partial charge on any atom is 0.243 e. The van der Waals surface area contributed by atoms with E-state index in [4.69, 9.17) is 11.6 Å². The molecule has 0 aliphatic carbocycles. The lowest BCUT2D eigenvalue weighted by molar-refractivity contribution is -0.130. The molecule has 0 radical (unpaired) electrons. The van der Waals surface area contributed by atoms with E-state index < -0.39 is 10.0 Å². The third-order valence-corrected chi connectivity index (χ3v) is 9.51. The number of sulfonamides is 1. The predicted octanol–water partition coefficient (Wildman–Crippen LogP) is 4.79. The fourth-order valence-electron chi connectivity index (χ4n) is 5.52. The number of nitrogens with zero attached hydrogens (tertiary/aromatic N) is 3. The zero-order valence-corrected chi connectivity index (χ0v) is 21.0. The SMILES string of the molecule is Cc1c(C2CCN(S(=O)(=O)c3ccc(Cl)cc3)CC2)c2ccccc2n1CC(=O)N1CCCC1. The van der Waals surface area contributed by atoms with E-state index in [0.717, 1.165) is 50.0 Å². The van der Waals surface area contributed by atoms with Crippen LogP contribution in [0.5, 0.6) is 0 Å². The van der Waals surface area contributed by atoms with Gasteiger partial charge < -0.3 is 9.47 Å². The van der Waals surface area contributed by atoms with Crippen LogP contribution in [0.15, 0.2) is 53.4 Å². The number of carbonyl (C=O) groups excluding carboxylic acids is 1. The minimum Gasteiger partial charge on any atom is -0.341 e. The van der Waals surface area contributed by atoms with Crippen LogP contribution in [0.4, 0.5) is 0 Å². The number of fused-ring (bicyclic) bond motifs is 1. The maximum absolute atomic E-state index is 13.1. The molecule has 2 aliphatic rings. The molecule has 2 saturated heterocycles. The van der Waals surface area contributed by atoms with Gasteiger partial charge in [0.25, 0.3) is 0 Å². The number of piperidine rings is 1. The summed E-state index contributed by atoms with van der Waals surface area (Å²) in [5.41, 5.74) is 3.46. The summed E-state index contributed by atoms with van der Waals surface area (Å²) >= 11 is 5.93. The molecule has 1 aromatic heterocycles. The Balaban J connectivity index is 1.38. The minimum absolute atomic E-state index is 0.178. The molecule has 0 bridgehead atoms. The van der Waals surface area contributed by atoms with Crippen molar-refractivity contribution in [3.63, 3.8) is 0 Å². The monoisotopic (exact) mass is 499 g/mol. The van der Waals surface area contributed by atoms with Crippen LogP contribution in [0.2, 0.25) is 5.02 Å². The first kappa shape index (κ1) is 23.4. The van der Waals surface area contributed by atoms with Gasteiger partial charge in [-0.05, 0) is 74.4 Å². The van der Waals surface area contributed by atoms with Crippen LogP contribution in [0.3, 0.4) is 0 Å². The van der Waals surface area contributed by atoms with Gasteiger partial charge in [-0.3, -0.25) is 4.79 Å². The van der Waals surface area contributed by atoms with Crippen molar-refractivity contribution in [3.8, 4) is 0 Å². The third kappa shape index (κ3) is 4.25. The van der Waals surface area contributed by atoms with Crippen molar-refractivity contribution >= 4 is 38.4 Å². The number of benzene rings is 2. The average molecular weight is 500 g/mol. The lowest BCUT2D eigenvalue weighted by Crippen LogP contribution is -2.38. The summed E-state index contributed by atoms with van der Waals surface area (Å²) in [6.45, 7) is 5.11. The zero-order chi connectivity index (χ0) is 23.9. The van der Waals surface area contributed by atoms with Gasteiger partial charge in [-0.2, -0.15) is 4.31 Å². The summed E-state index contributed by atoms with van der Waals surface area (Å²) in [5, 5.41) is 1.70. The number of hydrogen-bond acceptors (Lipinski definition) is 3. The minimum atomic E-state index is -3.54. The molecule has 3 heterocycles. The normalized spacial score (nSPS) is 18.1. The molecular formula is C26H30ClN3O3S. The molecule has 2 aliphatic heterocycles. The van der Waals surface area contributed by atoms with E-state index >= 15 is 0 Å². The number of aromatic nitrogens is 1. The van der Waals surface area contributed by atoms with Gasteiger partial charge in [0, 0.05) is 47.8 Å². The largest absolute Gasteiger partial charge is 0.341 e. The van der Waals surface area contributed by atoms with Crippen LogP contribution >= 0.6 is 11.6 Å². The Hall–Kier alpha value is -2.35. The molecule has 5 rings (SSSR count). The summed E-state index contributed by atoms with van der Waals surface area (Å²) in [6.07, 6.45) is 3.67. The van der Waals surface area contributed by atoms with Gasteiger partial charge in [0.1, 0.15) is 6.54 Å². The number of carbonyl (C=O) groups is 1. The number of amides is 1. The van der Waals surface area contributed by atoms with Crippen LogP contribution < -0.4 is 0 Å². The standard InChI is InChI=1S/C26H30ClN3O3S/c1-19-26(20-12-16-29(17-13-20)34(32,33)22-10-8-21(27)9-11-22)23-6-2-3-7-24(23)30(19)18-25(31)28-14-4-5-15-28/h2-3,6-11,20H,4-5,12-18H2,1H3. The molecule has 34 heavy (non-hydrogen) atoms. The number of rotatable bonds is 5. The van der Waals surface area contributed by atoms with E-state index in [2.05, 4.69) is 23.6 Å². The van der Waals surface area contributed by atoms with Crippen LogP contribution in [0.1, 0.15) is 42.9 Å². The van der Waals surface area contributed by atoms with Gasteiger partial charge in [0.15, 0.2) is 0 Å². The van der Waals surface area contributed by atoms with Crippen LogP contribution in [0, 0.1) is 6.92 Å². The molecule has 2 aromatic carbocycles. The average Bonchev–Trinajstić information content (AvgIpc) is 3.47. The van der Waals surface area contributed by atoms with Crippen LogP contribution in [-0.4, -0.2) is 54.3 Å². The van der Waals surface area contributed by atoms with Crippen LogP contribution in [0.25, 0.3) is 10.9 Å². The molecule has 0 unspecified atom stereocenters. The Bertz CT molecular complexity index is 1300. The fourth-order valence-corrected chi connectivity index (χ4v) is 7.11. The highest BCUT2D eigenvalue weighted by Gasteiger charge is 2.32. The number of para-hydroxylation sites is 1. The number of halogens is 1. The van der Waals surface area contributed by atoms with Gasteiger partial charge in [-0.25, -0.2) is 8.42 Å². The summed E-state index contributed by atoms with van der Waals surface area (Å²) in [6, 6.07) is 14.6. The zero-order valence-electron chi connectivity index (χ0n) is 19.4. The van der Waals surface area contributed by atoms with E-state index in [9.17, 15) is 13.2 Å². The van der Waals surface area contributed by atoms with Gasteiger partial charge in [-0.15, -0.1) is 0 Å². The molecule has 2 fully saturated rings. The number of hydrogen-bond donors (Lipinski definition) is 0. The van der Waals surface area contributed by atoms with E-state index in [-0.39, 0.29) is 16.7 Å². The van der Waals surface area contributed by atoms with Crippen molar-refractivity contribution in [3.05, 3.63) is 64.8 Å². The third-order valence-electron chi connectivity index (χ3n) is 7.35. The molecule has 0 N–H and O–H groups in total. The molecule has 1 amide bonds. The summed E-state index contributed by atoms with van der Waals surface area (Å²) < 4.78 is 30.0. The summed E-state index contributed by atoms with van der Waals surface area (Å²) in [4.78, 5) is 15.2. The first-order chi connectivity index (χ1) is 16.4. The van der Waals surface area contributed by atoms with E-state index in [1.54, 1.807) is 28.6 Å². The van der Waals surface area contributed by atoms with Gasteiger partial charge in [0.05, 0.1) is 4.90 Å². The fraction of sp³-hybridized carbons (Fsp3) is 0.423. The molecule has 3 aromatic rings. The Morgan fingerprint density at radius 2 is 1.62 bits per heavy atom. The Morgan fingerprint density at radius 3 is 2.29 bits per heavy atom. The lowest BCUT2D eigenvalue weighted by atomic mass is 9.88. The summed E-state index contributed by atoms with van der Waals surface area (Å²) in [7, 11) is -3.54. The summed E-state index contributed by atoms with van der Waals surface area (Å²) in [5.74, 6) is 0.432. The molecule has 0 spiro atoms. The second kappa shape index (κ2) is 9.36. The van der Waals surface area contributed by atoms with Crippen LogP contribution in [-0.2, 0) is 21.4 Å².